The van der Waals surface area contributed by atoms with E-state index in [1.165, 1.54) is 12.1 Å². The molecule has 2 heterocycles. The summed E-state index contributed by atoms with van der Waals surface area (Å²) in [5.41, 5.74) is 0.570. The van der Waals surface area contributed by atoms with Crippen molar-refractivity contribution in [2.24, 2.45) is 11.1 Å². The van der Waals surface area contributed by atoms with Gasteiger partial charge < -0.3 is 15.0 Å². The number of nitrogens with one attached hydrogen (secondary N) is 1. The molecule has 0 aromatic heterocycles. The molecule has 0 bridgehead atoms. The first-order chi connectivity index (χ1) is 14.2. The molecular formula is C21H34N4O4S. The highest BCUT2D eigenvalue weighted by Gasteiger charge is 2.26. The molecule has 0 aliphatic carbocycles. The van der Waals surface area contributed by atoms with Crippen LogP contribution in [0.5, 0.6) is 0 Å². The van der Waals surface area contributed by atoms with Crippen LogP contribution in [0, 0.1) is 5.92 Å². The zero-order chi connectivity index (χ0) is 21.7. The monoisotopic (exact) mass is 438 g/mol. The van der Waals surface area contributed by atoms with Crippen LogP contribution in [0.3, 0.4) is 0 Å². The molecule has 2 aliphatic heterocycles. The Morgan fingerprint density at radius 2 is 1.70 bits per heavy atom. The van der Waals surface area contributed by atoms with E-state index in [2.05, 4.69) is 29.0 Å². The molecule has 30 heavy (non-hydrogen) atoms. The second-order valence-electron chi connectivity index (χ2n) is 8.63. The predicted molar refractivity (Wildman–Crippen MR) is 117 cm³/mol. The molecule has 1 amide bonds. The van der Waals surface area contributed by atoms with Crippen LogP contribution in [-0.2, 0) is 19.6 Å². The second-order valence-corrected chi connectivity index (χ2v) is 10.2. The van der Waals surface area contributed by atoms with E-state index in [1.807, 2.05) is 0 Å². The van der Waals surface area contributed by atoms with Gasteiger partial charge in [-0.3, -0.25) is 9.69 Å². The van der Waals surface area contributed by atoms with Gasteiger partial charge in [0.2, 0.25) is 15.9 Å². The number of hydrogen-bond acceptors (Lipinski definition) is 6. The lowest BCUT2D eigenvalue weighted by Crippen LogP contribution is -2.48. The number of piperidine rings is 1. The Hall–Kier alpha value is -1.52. The molecule has 3 N–H and O–H groups in total. The Labute approximate surface area is 179 Å². The van der Waals surface area contributed by atoms with Crippen molar-refractivity contribution in [3.05, 3.63) is 24.3 Å². The maximum atomic E-state index is 12.2. The zero-order valence-corrected chi connectivity index (χ0v) is 18.7. The fourth-order valence-corrected chi connectivity index (χ4v) is 4.92. The quantitative estimate of drug-likeness (QED) is 0.668. The smallest absolute Gasteiger partial charge is 0.238 e. The Morgan fingerprint density at radius 3 is 2.27 bits per heavy atom. The maximum Gasteiger partial charge on any atom is 0.238 e. The van der Waals surface area contributed by atoms with Gasteiger partial charge in [-0.15, -0.1) is 0 Å². The summed E-state index contributed by atoms with van der Waals surface area (Å²) in [5, 5.41) is 7.90. The molecule has 2 atom stereocenters. The number of ether oxygens (including phenoxy) is 1. The van der Waals surface area contributed by atoms with Crippen molar-refractivity contribution in [1.29, 1.82) is 0 Å². The van der Waals surface area contributed by atoms with E-state index in [1.54, 1.807) is 12.1 Å². The van der Waals surface area contributed by atoms with Gasteiger partial charge in [0.15, 0.2) is 0 Å². The van der Waals surface area contributed by atoms with E-state index in [0.717, 1.165) is 52.1 Å². The highest BCUT2D eigenvalue weighted by atomic mass is 32.2. The predicted octanol–water partition coefficient (Wildman–Crippen LogP) is 1.48. The fraction of sp³-hybridized carbons (Fsp3) is 0.667. The molecule has 3 rings (SSSR count). The standard InChI is InChI=1S/C21H34N4O4S/c1-16-13-25(14-17(2)29-16)15-18-7-10-24(11-8-18)12-9-21(26)23-19-3-5-20(6-4-19)30(22,27)28/h3-6,16-18H,7-15H2,1-2H3,(H,23,26)(H2,22,27,28). The Morgan fingerprint density at radius 1 is 1.10 bits per heavy atom. The fourth-order valence-electron chi connectivity index (χ4n) is 4.40. The summed E-state index contributed by atoms with van der Waals surface area (Å²) in [6.07, 6.45) is 3.36. The third-order valence-electron chi connectivity index (χ3n) is 5.84. The van der Waals surface area contributed by atoms with E-state index in [0.29, 0.717) is 30.2 Å². The van der Waals surface area contributed by atoms with Gasteiger partial charge in [-0.2, -0.15) is 0 Å². The molecule has 0 spiro atoms. The van der Waals surface area contributed by atoms with Gasteiger partial charge in [-0.25, -0.2) is 13.6 Å². The summed E-state index contributed by atoms with van der Waals surface area (Å²) in [7, 11) is -3.72. The Balaban J connectivity index is 1.35. The van der Waals surface area contributed by atoms with E-state index >= 15 is 0 Å². The SMILES string of the molecule is CC1CN(CC2CCN(CCC(=O)Nc3ccc(S(N)(=O)=O)cc3)CC2)CC(C)O1. The molecule has 2 aliphatic rings. The number of benzene rings is 1. The lowest BCUT2D eigenvalue weighted by Gasteiger charge is -2.39. The van der Waals surface area contributed by atoms with Crippen LogP contribution < -0.4 is 10.5 Å². The van der Waals surface area contributed by atoms with Crippen LogP contribution in [-0.4, -0.2) is 75.6 Å². The van der Waals surface area contributed by atoms with Crippen LogP contribution in [0.4, 0.5) is 5.69 Å². The van der Waals surface area contributed by atoms with Gasteiger partial charge in [-0.1, -0.05) is 0 Å². The molecule has 2 fully saturated rings. The van der Waals surface area contributed by atoms with Crippen LogP contribution in [0.15, 0.2) is 29.2 Å². The van der Waals surface area contributed by atoms with E-state index in [9.17, 15) is 13.2 Å². The van der Waals surface area contributed by atoms with Crippen molar-refractivity contribution in [1.82, 2.24) is 9.80 Å². The number of morpholine rings is 1. The molecule has 8 nitrogen and oxygen atoms in total. The van der Waals surface area contributed by atoms with E-state index in [-0.39, 0.29) is 10.8 Å². The first kappa shape index (κ1) is 23.1. The molecular weight excluding hydrogens is 404 g/mol. The van der Waals surface area contributed by atoms with Gasteiger partial charge in [0.1, 0.15) is 0 Å². The van der Waals surface area contributed by atoms with Crippen molar-refractivity contribution in [2.75, 3.05) is 44.6 Å². The molecule has 2 saturated heterocycles. The lowest BCUT2D eigenvalue weighted by atomic mass is 9.95. The number of hydrogen-bond donors (Lipinski definition) is 2. The third kappa shape index (κ3) is 7.02. The molecule has 9 heteroatoms. The Bertz CT molecular complexity index is 797. The third-order valence-corrected chi connectivity index (χ3v) is 6.77. The second kappa shape index (κ2) is 10.2. The van der Waals surface area contributed by atoms with E-state index in [4.69, 9.17) is 9.88 Å². The summed E-state index contributed by atoms with van der Waals surface area (Å²) in [4.78, 5) is 17.1. The molecule has 1 aromatic carbocycles. The average molecular weight is 439 g/mol. The Kier molecular flexibility index (Phi) is 7.86. The highest BCUT2D eigenvalue weighted by Crippen LogP contribution is 2.21. The van der Waals surface area contributed by atoms with Crippen LogP contribution in [0.2, 0.25) is 0 Å². The summed E-state index contributed by atoms with van der Waals surface area (Å²) >= 11 is 0. The molecule has 2 unspecified atom stereocenters. The van der Waals surface area contributed by atoms with Gasteiger partial charge in [0, 0.05) is 38.3 Å². The van der Waals surface area contributed by atoms with E-state index < -0.39 is 10.0 Å². The summed E-state index contributed by atoms with van der Waals surface area (Å²) < 4.78 is 28.4. The number of carbonyl (C=O) groups excluding carboxylic acids is 1. The minimum absolute atomic E-state index is 0.0318. The number of anilines is 1. The zero-order valence-electron chi connectivity index (χ0n) is 17.9. The first-order valence-corrected chi connectivity index (χ1v) is 12.3. The summed E-state index contributed by atoms with van der Waals surface area (Å²) in [6, 6.07) is 5.89. The van der Waals surface area contributed by atoms with Gasteiger partial charge in [0.25, 0.3) is 0 Å². The largest absolute Gasteiger partial charge is 0.373 e. The average Bonchev–Trinajstić information content (AvgIpc) is 2.66. The van der Waals surface area contributed by atoms with Crippen LogP contribution in [0.1, 0.15) is 33.1 Å². The minimum Gasteiger partial charge on any atom is -0.373 e. The van der Waals surface area contributed by atoms with Crippen molar-refractivity contribution in [2.45, 2.75) is 50.2 Å². The highest BCUT2D eigenvalue weighted by molar-refractivity contribution is 7.89. The number of nitrogens with zero attached hydrogens (tertiary/aromatic N) is 2. The summed E-state index contributed by atoms with van der Waals surface area (Å²) in [6.45, 7) is 10.2. The van der Waals surface area contributed by atoms with Crippen molar-refractivity contribution in [3.63, 3.8) is 0 Å². The van der Waals surface area contributed by atoms with Crippen LogP contribution in [0.25, 0.3) is 0 Å². The number of primary sulfonamides is 1. The molecule has 1 aromatic rings. The number of amides is 1. The molecule has 168 valence electrons. The number of rotatable bonds is 7. The normalized spacial score (nSPS) is 24.6. The van der Waals surface area contributed by atoms with Gasteiger partial charge in [0.05, 0.1) is 17.1 Å². The minimum atomic E-state index is -3.72. The molecule has 0 radical (unpaired) electrons. The number of carbonyl (C=O) groups is 1. The number of nitrogens with two attached hydrogens (primary N) is 1. The van der Waals surface area contributed by atoms with Crippen LogP contribution >= 0.6 is 0 Å². The first-order valence-electron chi connectivity index (χ1n) is 10.7. The van der Waals surface area contributed by atoms with Crippen molar-refractivity contribution in [3.8, 4) is 0 Å². The summed E-state index contributed by atoms with van der Waals surface area (Å²) in [5.74, 6) is 0.640. The lowest BCUT2D eigenvalue weighted by molar-refractivity contribution is -0.116. The van der Waals surface area contributed by atoms with Gasteiger partial charge in [-0.05, 0) is 70.0 Å². The number of likely N-dealkylation sites (tertiary alicyclic amines) is 1. The van der Waals surface area contributed by atoms with Crippen molar-refractivity contribution < 1.29 is 17.9 Å². The van der Waals surface area contributed by atoms with Crippen molar-refractivity contribution >= 4 is 21.6 Å². The number of sulfonamides is 1. The molecule has 0 saturated carbocycles. The maximum absolute atomic E-state index is 12.2. The topological polar surface area (TPSA) is 105 Å². The van der Waals surface area contributed by atoms with Gasteiger partial charge >= 0.3 is 0 Å².